The summed E-state index contributed by atoms with van der Waals surface area (Å²) in [5, 5.41) is 3.03. The van der Waals surface area contributed by atoms with Crippen LogP contribution < -0.4 is 15.8 Å². The fourth-order valence-electron chi connectivity index (χ4n) is 1.24. The highest BCUT2D eigenvalue weighted by Crippen LogP contribution is 2.26. The van der Waals surface area contributed by atoms with Crippen molar-refractivity contribution in [2.75, 3.05) is 31.3 Å². The minimum absolute atomic E-state index is 0.309. The van der Waals surface area contributed by atoms with E-state index in [1.54, 1.807) is 13.2 Å². The number of aromatic nitrogens is 2. The van der Waals surface area contributed by atoms with Crippen LogP contribution >= 0.6 is 0 Å². The molecule has 0 bridgehead atoms. The monoisotopic (exact) mass is 238 g/mol. The van der Waals surface area contributed by atoms with Gasteiger partial charge in [-0.2, -0.15) is 4.98 Å². The van der Waals surface area contributed by atoms with E-state index < -0.39 is 0 Å². The van der Waals surface area contributed by atoms with Gasteiger partial charge in [0.05, 0.1) is 6.61 Å². The number of rotatable bonds is 7. The second-order valence-electron chi connectivity index (χ2n) is 3.24. The lowest BCUT2D eigenvalue weighted by atomic mass is 10.4. The smallest absolute Gasteiger partial charge is 0.242 e. The average molecular weight is 238 g/mol. The van der Waals surface area contributed by atoms with E-state index in [-0.39, 0.29) is 0 Å². The Morgan fingerprint density at radius 2 is 2.24 bits per heavy atom. The lowest BCUT2D eigenvalue weighted by molar-refractivity contribution is 0.176. The minimum atomic E-state index is 0.309. The molecule has 1 heterocycles. The van der Waals surface area contributed by atoms with Crippen molar-refractivity contribution in [1.82, 2.24) is 9.97 Å². The van der Waals surface area contributed by atoms with Crippen molar-refractivity contribution in [3.05, 3.63) is 18.5 Å². The molecule has 1 aromatic rings. The fraction of sp³-hybridized carbons (Fsp3) is 0.455. The van der Waals surface area contributed by atoms with Gasteiger partial charge in [-0.15, -0.1) is 6.58 Å². The second-order valence-corrected chi connectivity index (χ2v) is 3.24. The maximum Gasteiger partial charge on any atom is 0.242 e. The molecule has 0 aromatic carbocycles. The van der Waals surface area contributed by atoms with E-state index in [2.05, 4.69) is 21.9 Å². The third-order valence-corrected chi connectivity index (χ3v) is 1.93. The third kappa shape index (κ3) is 3.60. The highest BCUT2D eigenvalue weighted by molar-refractivity contribution is 5.67. The number of nitrogen functional groups attached to an aromatic ring is 1. The second kappa shape index (κ2) is 6.70. The van der Waals surface area contributed by atoms with Crippen LogP contribution in [0, 0.1) is 0 Å². The molecule has 3 N–H and O–H groups in total. The van der Waals surface area contributed by atoms with Gasteiger partial charge in [0.1, 0.15) is 12.3 Å². The average Bonchev–Trinajstić information content (AvgIpc) is 2.32. The highest BCUT2D eigenvalue weighted by Gasteiger charge is 2.12. The molecule has 1 rings (SSSR count). The van der Waals surface area contributed by atoms with Gasteiger partial charge in [0.15, 0.2) is 11.6 Å². The summed E-state index contributed by atoms with van der Waals surface area (Å²) in [4.78, 5) is 8.41. The molecule has 6 nitrogen and oxygen atoms in total. The zero-order chi connectivity index (χ0) is 12.7. The Labute approximate surface area is 101 Å². The van der Waals surface area contributed by atoms with Gasteiger partial charge in [-0.1, -0.05) is 6.08 Å². The Morgan fingerprint density at radius 1 is 1.47 bits per heavy atom. The summed E-state index contributed by atoms with van der Waals surface area (Å²) in [6.45, 7) is 6.86. The van der Waals surface area contributed by atoms with Crippen molar-refractivity contribution in [3.63, 3.8) is 0 Å². The molecular weight excluding hydrogens is 220 g/mol. The first-order valence-corrected chi connectivity index (χ1v) is 5.35. The molecule has 0 aliphatic rings. The van der Waals surface area contributed by atoms with Gasteiger partial charge in [-0.25, -0.2) is 4.98 Å². The van der Waals surface area contributed by atoms with Crippen LogP contribution in [0.25, 0.3) is 0 Å². The molecule has 0 atom stereocenters. The number of nitrogens with two attached hydrogens (primary N) is 1. The predicted molar refractivity (Wildman–Crippen MR) is 67.0 cm³/mol. The zero-order valence-electron chi connectivity index (χ0n) is 10.2. The van der Waals surface area contributed by atoms with E-state index in [1.807, 2.05) is 6.92 Å². The maximum atomic E-state index is 5.89. The topological polar surface area (TPSA) is 82.3 Å². The van der Waals surface area contributed by atoms with Crippen molar-refractivity contribution < 1.29 is 9.47 Å². The van der Waals surface area contributed by atoms with Crippen molar-refractivity contribution in [2.24, 2.45) is 0 Å². The van der Waals surface area contributed by atoms with E-state index in [9.17, 15) is 0 Å². The van der Waals surface area contributed by atoms with Crippen LogP contribution in [-0.4, -0.2) is 30.2 Å². The molecule has 0 fully saturated rings. The lowest BCUT2D eigenvalue weighted by Gasteiger charge is -2.12. The molecule has 0 amide bonds. The molecule has 0 unspecified atom stereocenters. The predicted octanol–water partition coefficient (Wildman–Crippen LogP) is 1.20. The SMILES string of the molecule is C=CCNc1nc(COC)nc(OCC)c1N. The number of methoxy groups -OCH3 is 1. The van der Waals surface area contributed by atoms with Gasteiger partial charge in [0.2, 0.25) is 5.88 Å². The van der Waals surface area contributed by atoms with Crippen LogP contribution in [0.4, 0.5) is 11.5 Å². The normalized spacial score (nSPS) is 10.0. The van der Waals surface area contributed by atoms with E-state index >= 15 is 0 Å². The fourth-order valence-corrected chi connectivity index (χ4v) is 1.24. The molecule has 94 valence electrons. The van der Waals surface area contributed by atoms with Crippen molar-refractivity contribution >= 4 is 11.5 Å². The van der Waals surface area contributed by atoms with Crippen LogP contribution in [0.3, 0.4) is 0 Å². The van der Waals surface area contributed by atoms with E-state index in [0.717, 1.165) is 0 Å². The molecule has 17 heavy (non-hydrogen) atoms. The summed E-state index contributed by atoms with van der Waals surface area (Å²) >= 11 is 0. The summed E-state index contributed by atoms with van der Waals surface area (Å²) < 4.78 is 10.3. The van der Waals surface area contributed by atoms with E-state index in [4.69, 9.17) is 15.2 Å². The van der Waals surface area contributed by atoms with Gasteiger partial charge < -0.3 is 20.5 Å². The summed E-state index contributed by atoms with van der Waals surface area (Å²) in [6.07, 6.45) is 1.72. The number of nitrogens with one attached hydrogen (secondary N) is 1. The van der Waals surface area contributed by atoms with Crippen LogP contribution in [-0.2, 0) is 11.3 Å². The number of hydrogen-bond donors (Lipinski definition) is 2. The molecule has 1 aromatic heterocycles. The summed E-state index contributed by atoms with van der Waals surface area (Å²) in [5.41, 5.74) is 6.28. The van der Waals surface area contributed by atoms with Crippen LogP contribution in [0.1, 0.15) is 12.7 Å². The Hall–Kier alpha value is -1.82. The van der Waals surface area contributed by atoms with Crippen molar-refractivity contribution in [3.8, 4) is 5.88 Å². The molecule has 0 aliphatic carbocycles. The molecule has 0 spiro atoms. The van der Waals surface area contributed by atoms with Gasteiger partial charge in [-0.05, 0) is 6.92 Å². The number of anilines is 2. The molecule has 6 heteroatoms. The van der Waals surface area contributed by atoms with Gasteiger partial charge >= 0.3 is 0 Å². The first-order valence-electron chi connectivity index (χ1n) is 5.35. The van der Waals surface area contributed by atoms with Crippen molar-refractivity contribution in [1.29, 1.82) is 0 Å². The van der Waals surface area contributed by atoms with Crippen LogP contribution in [0.2, 0.25) is 0 Å². The van der Waals surface area contributed by atoms with Gasteiger partial charge in [-0.3, -0.25) is 0 Å². The Kier molecular flexibility index (Phi) is 5.22. The molecule has 0 saturated carbocycles. The van der Waals surface area contributed by atoms with Gasteiger partial charge in [0, 0.05) is 13.7 Å². The number of ether oxygens (including phenoxy) is 2. The summed E-state index contributed by atoms with van der Waals surface area (Å²) in [5.74, 6) is 1.44. The molecular formula is C11H18N4O2. The van der Waals surface area contributed by atoms with Gasteiger partial charge in [0.25, 0.3) is 0 Å². The molecule has 0 radical (unpaired) electrons. The number of hydrogen-bond acceptors (Lipinski definition) is 6. The standard InChI is InChI=1S/C11H18N4O2/c1-4-6-13-10-9(12)11(17-5-2)15-8(14-10)7-16-3/h4H,1,5-7,12H2,2-3H3,(H,13,14,15). The first-order chi connectivity index (χ1) is 8.22. The quantitative estimate of drug-likeness (QED) is 0.695. The Morgan fingerprint density at radius 3 is 2.82 bits per heavy atom. The maximum absolute atomic E-state index is 5.89. The lowest BCUT2D eigenvalue weighted by Crippen LogP contribution is -2.11. The molecule has 0 saturated heterocycles. The van der Waals surface area contributed by atoms with Crippen molar-refractivity contribution in [2.45, 2.75) is 13.5 Å². The van der Waals surface area contributed by atoms with E-state index in [0.29, 0.717) is 43.0 Å². The van der Waals surface area contributed by atoms with E-state index in [1.165, 1.54) is 0 Å². The van der Waals surface area contributed by atoms with Crippen LogP contribution in [0.15, 0.2) is 12.7 Å². The zero-order valence-corrected chi connectivity index (χ0v) is 10.2. The summed E-state index contributed by atoms with van der Waals surface area (Å²) in [6, 6.07) is 0. The summed E-state index contributed by atoms with van der Waals surface area (Å²) in [7, 11) is 1.58. The first kappa shape index (κ1) is 13.2. The minimum Gasteiger partial charge on any atom is -0.476 e. The Balaban J connectivity index is 3.02. The largest absolute Gasteiger partial charge is 0.476 e. The molecule has 0 aliphatic heterocycles. The van der Waals surface area contributed by atoms with Crippen LogP contribution in [0.5, 0.6) is 5.88 Å². The highest BCUT2D eigenvalue weighted by atomic mass is 16.5. The number of nitrogens with zero attached hydrogens (tertiary/aromatic N) is 2. The third-order valence-electron chi connectivity index (χ3n) is 1.93. The Bertz CT molecular complexity index is 382.